The molecule has 4 heterocycles. The minimum Gasteiger partial charge on any atom is -0.390 e. The van der Waals surface area contributed by atoms with Crippen molar-refractivity contribution in [2.45, 2.75) is 37.1 Å². The largest absolute Gasteiger partial charge is 0.390 e. The number of benzene rings is 1. The maximum absolute atomic E-state index is 11.2. The molecule has 0 amide bonds. The van der Waals surface area contributed by atoms with Gasteiger partial charge < -0.3 is 31.1 Å². The van der Waals surface area contributed by atoms with E-state index < -0.39 is 17.6 Å². The highest BCUT2D eigenvalue weighted by molar-refractivity contribution is 9.10. The molecule has 0 bridgehead atoms. The van der Waals surface area contributed by atoms with Crippen molar-refractivity contribution in [2.75, 3.05) is 24.6 Å². The molecule has 1 aromatic carbocycles. The van der Waals surface area contributed by atoms with Crippen LogP contribution in [0, 0.1) is 5.41 Å². The van der Waals surface area contributed by atoms with Gasteiger partial charge in [0.15, 0.2) is 0 Å². The Morgan fingerprint density at radius 1 is 1.21 bits per heavy atom. The number of anilines is 2. The van der Waals surface area contributed by atoms with Crippen LogP contribution in [0.2, 0.25) is 0 Å². The first-order valence-electron chi connectivity index (χ1n) is 11.3. The van der Waals surface area contributed by atoms with Crippen LogP contribution in [0.15, 0.2) is 47.3 Å². The van der Waals surface area contributed by atoms with Gasteiger partial charge in [-0.3, -0.25) is 0 Å². The van der Waals surface area contributed by atoms with Crippen molar-refractivity contribution in [3.8, 4) is 0 Å². The monoisotopic (exact) mass is 523 g/mol. The number of hydrogen-bond donors (Lipinski definition) is 5. The molecule has 0 radical (unpaired) electrons. The standard InChI is InChI=1S/C24H26BrN7O2/c1-27-22-14-4-5-32(23(14)30-11-29-22)18-9-24(20(34)19(18)33)8-17(28-10-24)13-3-2-12-6-15(25)21(26)31-16(12)7-13/h2-7,11,17-20,28,33-34H,8-10H2,1H3,(H2,26,31)(H,27,29,30)/t17-,18+,19-,20-,24-/m0/s1. The second-order valence-electron chi connectivity index (χ2n) is 9.45. The number of rotatable bonds is 3. The third-order valence-electron chi connectivity index (χ3n) is 7.60. The van der Waals surface area contributed by atoms with Crippen molar-refractivity contribution in [1.82, 2.24) is 24.8 Å². The number of aliphatic hydroxyl groups is 2. The molecule has 1 aliphatic heterocycles. The lowest BCUT2D eigenvalue weighted by Gasteiger charge is -2.27. The Balaban J connectivity index is 1.30. The average Bonchev–Trinajstić information content (AvgIpc) is 3.53. The number of halogens is 1. The highest BCUT2D eigenvalue weighted by Crippen LogP contribution is 2.52. The Morgan fingerprint density at radius 2 is 2.06 bits per heavy atom. The topological polar surface area (TPSA) is 134 Å². The third kappa shape index (κ3) is 3.20. The first-order valence-corrected chi connectivity index (χ1v) is 12.1. The van der Waals surface area contributed by atoms with Gasteiger partial charge in [0, 0.05) is 36.6 Å². The number of aromatic nitrogens is 4. The number of nitrogens with two attached hydrogens (primary N) is 1. The third-order valence-corrected chi connectivity index (χ3v) is 8.24. The maximum Gasteiger partial charge on any atom is 0.145 e. The second-order valence-corrected chi connectivity index (χ2v) is 10.3. The Morgan fingerprint density at radius 3 is 2.88 bits per heavy atom. The smallest absolute Gasteiger partial charge is 0.145 e. The van der Waals surface area contributed by atoms with Crippen LogP contribution < -0.4 is 16.4 Å². The van der Waals surface area contributed by atoms with Crippen LogP contribution in [0.4, 0.5) is 11.6 Å². The number of aliphatic hydroxyl groups excluding tert-OH is 2. The second kappa shape index (κ2) is 7.88. The number of pyridine rings is 1. The highest BCUT2D eigenvalue weighted by atomic mass is 79.9. The van der Waals surface area contributed by atoms with Crippen molar-refractivity contribution < 1.29 is 10.2 Å². The molecule has 6 rings (SSSR count). The van der Waals surface area contributed by atoms with Crippen molar-refractivity contribution in [3.63, 3.8) is 0 Å². The van der Waals surface area contributed by atoms with Gasteiger partial charge in [0.1, 0.15) is 29.7 Å². The van der Waals surface area contributed by atoms with Crippen molar-refractivity contribution in [2.24, 2.45) is 5.41 Å². The summed E-state index contributed by atoms with van der Waals surface area (Å²) in [5.41, 5.74) is 8.23. The molecule has 176 valence electrons. The fraction of sp³-hybridized carbons (Fsp3) is 0.375. The van der Waals surface area contributed by atoms with E-state index in [9.17, 15) is 10.2 Å². The van der Waals surface area contributed by atoms with Crippen molar-refractivity contribution in [1.29, 1.82) is 0 Å². The van der Waals surface area contributed by atoms with Gasteiger partial charge in [0.25, 0.3) is 0 Å². The molecule has 34 heavy (non-hydrogen) atoms. The summed E-state index contributed by atoms with van der Waals surface area (Å²) in [4.78, 5) is 13.2. The van der Waals surface area contributed by atoms with Gasteiger partial charge in [-0.25, -0.2) is 15.0 Å². The Kier molecular flexibility index (Phi) is 5.03. The van der Waals surface area contributed by atoms with E-state index in [1.165, 1.54) is 6.33 Å². The number of nitrogens with zero attached hydrogens (tertiary/aromatic N) is 4. The molecular weight excluding hydrogens is 498 g/mol. The summed E-state index contributed by atoms with van der Waals surface area (Å²) >= 11 is 3.43. The summed E-state index contributed by atoms with van der Waals surface area (Å²) < 4.78 is 2.76. The fourth-order valence-electron chi connectivity index (χ4n) is 5.82. The molecule has 2 fully saturated rings. The van der Waals surface area contributed by atoms with Gasteiger partial charge in [0.2, 0.25) is 0 Å². The van der Waals surface area contributed by atoms with Crippen LogP contribution in [0.3, 0.4) is 0 Å². The molecule has 1 aliphatic carbocycles. The van der Waals surface area contributed by atoms with E-state index in [0.717, 1.165) is 44.2 Å². The van der Waals surface area contributed by atoms with Gasteiger partial charge >= 0.3 is 0 Å². The minimum atomic E-state index is -0.889. The molecule has 1 saturated heterocycles. The van der Waals surface area contributed by atoms with Gasteiger partial charge in [-0.15, -0.1) is 0 Å². The number of nitrogens with one attached hydrogen (secondary N) is 2. The summed E-state index contributed by atoms with van der Waals surface area (Å²) in [5.74, 6) is 1.20. The quantitative estimate of drug-likeness (QED) is 0.276. The molecule has 1 saturated carbocycles. The molecule has 2 aliphatic rings. The summed E-state index contributed by atoms with van der Waals surface area (Å²) in [6.45, 7) is 0.621. The van der Waals surface area contributed by atoms with E-state index >= 15 is 0 Å². The van der Waals surface area contributed by atoms with Gasteiger partial charge in [-0.2, -0.15) is 0 Å². The van der Waals surface area contributed by atoms with Gasteiger partial charge in [0.05, 0.1) is 27.5 Å². The number of fused-ring (bicyclic) bond motifs is 2. The Hall–Kier alpha value is -2.79. The van der Waals surface area contributed by atoms with Gasteiger partial charge in [-0.1, -0.05) is 12.1 Å². The van der Waals surface area contributed by atoms with E-state index in [1.807, 2.05) is 36.0 Å². The Bertz CT molecular complexity index is 1410. The zero-order chi connectivity index (χ0) is 23.6. The average molecular weight is 524 g/mol. The Labute approximate surface area is 204 Å². The number of nitrogen functional groups attached to an aromatic ring is 1. The number of hydrogen-bond acceptors (Lipinski definition) is 8. The SMILES string of the molecule is CNc1ncnc2c1ccn2[C@@H]1C[C@@]2(CN[C@H](c3ccc4cc(Br)c(N)nc4c3)C2)[C@@H](O)[C@H]1O. The molecule has 4 aromatic rings. The lowest BCUT2D eigenvalue weighted by Crippen LogP contribution is -2.38. The van der Waals surface area contributed by atoms with Crippen LogP contribution in [0.25, 0.3) is 21.9 Å². The molecule has 0 unspecified atom stereocenters. The summed E-state index contributed by atoms with van der Waals surface area (Å²) in [5, 5.41) is 30.9. The first-order chi connectivity index (χ1) is 16.4. The van der Waals surface area contributed by atoms with E-state index in [0.29, 0.717) is 18.8 Å². The predicted octanol–water partition coefficient (Wildman–Crippen LogP) is 2.75. The molecular formula is C24H26BrN7O2. The summed E-state index contributed by atoms with van der Waals surface area (Å²) in [6, 6.07) is 9.89. The molecule has 10 heteroatoms. The predicted molar refractivity (Wildman–Crippen MR) is 134 cm³/mol. The van der Waals surface area contributed by atoms with Crippen LogP contribution in [0.1, 0.15) is 30.5 Å². The van der Waals surface area contributed by atoms with Crippen LogP contribution >= 0.6 is 15.9 Å². The normalized spacial score (nSPS) is 28.9. The van der Waals surface area contributed by atoms with Gasteiger partial charge in [-0.05, 0) is 52.5 Å². The minimum absolute atomic E-state index is 0.0521. The molecule has 3 aromatic heterocycles. The van der Waals surface area contributed by atoms with E-state index in [2.05, 4.69) is 53.6 Å². The first kappa shape index (κ1) is 21.7. The lowest BCUT2D eigenvalue weighted by atomic mass is 9.80. The zero-order valence-corrected chi connectivity index (χ0v) is 20.2. The zero-order valence-electron chi connectivity index (χ0n) is 18.6. The lowest BCUT2D eigenvalue weighted by molar-refractivity contribution is -0.0218. The summed E-state index contributed by atoms with van der Waals surface area (Å²) in [7, 11) is 1.82. The maximum atomic E-state index is 11.2. The van der Waals surface area contributed by atoms with Crippen molar-refractivity contribution in [3.05, 3.63) is 52.9 Å². The molecule has 9 nitrogen and oxygen atoms in total. The molecule has 6 N–H and O–H groups in total. The molecule has 1 spiro atoms. The summed E-state index contributed by atoms with van der Waals surface area (Å²) in [6.07, 6.45) is 3.08. The van der Waals surface area contributed by atoms with Crippen LogP contribution in [-0.2, 0) is 0 Å². The highest BCUT2D eigenvalue weighted by Gasteiger charge is 2.56. The molecule has 5 atom stereocenters. The van der Waals surface area contributed by atoms with Crippen molar-refractivity contribution >= 4 is 49.5 Å². The van der Waals surface area contributed by atoms with Crippen LogP contribution in [0.5, 0.6) is 0 Å². The fourth-order valence-corrected chi connectivity index (χ4v) is 6.15. The van der Waals surface area contributed by atoms with E-state index in [-0.39, 0.29) is 12.1 Å². The van der Waals surface area contributed by atoms with E-state index in [1.54, 1.807) is 0 Å². The van der Waals surface area contributed by atoms with Crippen LogP contribution in [-0.4, -0.2) is 55.5 Å². The van der Waals surface area contributed by atoms with E-state index in [4.69, 9.17) is 5.73 Å².